The zero-order valence-corrected chi connectivity index (χ0v) is 15.8. The van der Waals surface area contributed by atoms with Crippen LogP contribution in [0.25, 0.3) is 0 Å². The summed E-state index contributed by atoms with van der Waals surface area (Å²) < 4.78 is 0. The summed E-state index contributed by atoms with van der Waals surface area (Å²) in [6.07, 6.45) is 7.83. The summed E-state index contributed by atoms with van der Waals surface area (Å²) in [4.78, 5) is 7.04. The average Bonchev–Trinajstić information content (AvgIpc) is 3.13. The van der Waals surface area contributed by atoms with Crippen LogP contribution < -0.4 is 10.6 Å². The van der Waals surface area contributed by atoms with Crippen molar-refractivity contribution in [2.24, 2.45) is 10.9 Å². The van der Waals surface area contributed by atoms with Crippen molar-refractivity contribution in [2.45, 2.75) is 51.7 Å². The molecule has 0 spiro atoms. The molecule has 0 bridgehead atoms. The standard InChI is InChI=1S/C21H32N4/c1-16(2)20(14-23-21(22-3)24-19-10-6-7-11-19)25-13-12-17-8-4-5-9-18(17)15-25/h4-9,16,19-20H,10-15H2,1-3H3,(H2,22,23,24). The summed E-state index contributed by atoms with van der Waals surface area (Å²) in [6.45, 7) is 7.77. The molecule has 0 amide bonds. The lowest BCUT2D eigenvalue weighted by molar-refractivity contribution is 0.140. The van der Waals surface area contributed by atoms with Crippen LogP contribution >= 0.6 is 0 Å². The zero-order chi connectivity index (χ0) is 17.6. The van der Waals surface area contributed by atoms with E-state index >= 15 is 0 Å². The number of fused-ring (bicyclic) bond motifs is 1. The van der Waals surface area contributed by atoms with E-state index in [2.05, 4.69) is 70.8 Å². The van der Waals surface area contributed by atoms with Crippen LogP contribution in [0.3, 0.4) is 0 Å². The minimum absolute atomic E-state index is 0.491. The molecule has 1 aliphatic carbocycles. The fourth-order valence-electron chi connectivity index (χ4n) is 3.91. The van der Waals surface area contributed by atoms with Gasteiger partial charge in [0.1, 0.15) is 0 Å². The first-order chi connectivity index (χ1) is 12.2. The normalized spacial score (nSPS) is 19.9. The van der Waals surface area contributed by atoms with Crippen LogP contribution in [0.5, 0.6) is 0 Å². The van der Waals surface area contributed by atoms with Gasteiger partial charge in [-0.25, -0.2) is 0 Å². The van der Waals surface area contributed by atoms with Gasteiger partial charge in [0.25, 0.3) is 0 Å². The predicted octanol–water partition coefficient (Wildman–Crippen LogP) is 2.95. The highest BCUT2D eigenvalue weighted by atomic mass is 15.2. The molecule has 136 valence electrons. The van der Waals surface area contributed by atoms with Crippen LogP contribution in [0.15, 0.2) is 41.4 Å². The van der Waals surface area contributed by atoms with E-state index in [4.69, 9.17) is 0 Å². The molecule has 1 unspecified atom stereocenters. The molecule has 4 nitrogen and oxygen atoms in total. The highest BCUT2D eigenvalue weighted by Crippen LogP contribution is 2.22. The molecule has 0 aromatic heterocycles. The lowest BCUT2D eigenvalue weighted by atomic mass is 9.95. The number of hydrogen-bond acceptors (Lipinski definition) is 2. The number of guanidine groups is 1. The molecule has 1 aliphatic heterocycles. The van der Waals surface area contributed by atoms with Gasteiger partial charge in [-0.2, -0.15) is 0 Å². The quantitative estimate of drug-likeness (QED) is 0.492. The lowest BCUT2D eigenvalue weighted by Crippen LogP contribution is -2.51. The van der Waals surface area contributed by atoms with Gasteiger partial charge in [0, 0.05) is 38.8 Å². The molecular weight excluding hydrogens is 308 g/mol. The second-order valence-electron chi connectivity index (χ2n) is 7.54. The molecule has 1 heterocycles. The van der Waals surface area contributed by atoms with E-state index in [0.29, 0.717) is 18.0 Å². The van der Waals surface area contributed by atoms with Gasteiger partial charge in [0.05, 0.1) is 0 Å². The van der Waals surface area contributed by atoms with Gasteiger partial charge in [-0.15, -0.1) is 0 Å². The van der Waals surface area contributed by atoms with Crippen molar-refractivity contribution in [3.05, 3.63) is 47.5 Å². The van der Waals surface area contributed by atoms with Crippen molar-refractivity contribution in [2.75, 3.05) is 20.1 Å². The van der Waals surface area contributed by atoms with Crippen LogP contribution in [0.4, 0.5) is 0 Å². The fourth-order valence-corrected chi connectivity index (χ4v) is 3.91. The van der Waals surface area contributed by atoms with Crippen molar-refractivity contribution in [1.29, 1.82) is 0 Å². The maximum atomic E-state index is 4.41. The Morgan fingerprint density at radius 1 is 1.20 bits per heavy atom. The molecule has 1 atom stereocenters. The summed E-state index contributed by atoms with van der Waals surface area (Å²) in [6, 6.07) is 9.87. The molecule has 0 saturated carbocycles. The Kier molecular flexibility index (Phi) is 6.14. The molecule has 1 aromatic carbocycles. The lowest BCUT2D eigenvalue weighted by Gasteiger charge is -2.38. The van der Waals surface area contributed by atoms with E-state index in [9.17, 15) is 0 Å². The van der Waals surface area contributed by atoms with E-state index in [1.165, 1.54) is 11.1 Å². The highest BCUT2D eigenvalue weighted by Gasteiger charge is 2.26. The Hall–Kier alpha value is -1.81. The van der Waals surface area contributed by atoms with Crippen molar-refractivity contribution < 1.29 is 0 Å². The monoisotopic (exact) mass is 340 g/mol. The Labute approximate surface area is 152 Å². The van der Waals surface area contributed by atoms with E-state index in [1.54, 1.807) is 0 Å². The van der Waals surface area contributed by atoms with Gasteiger partial charge >= 0.3 is 0 Å². The number of nitrogens with one attached hydrogen (secondary N) is 2. The summed E-state index contributed by atoms with van der Waals surface area (Å²) in [7, 11) is 1.86. The van der Waals surface area contributed by atoms with Gasteiger partial charge in [0.15, 0.2) is 5.96 Å². The first-order valence-corrected chi connectivity index (χ1v) is 9.60. The van der Waals surface area contributed by atoms with Crippen molar-refractivity contribution >= 4 is 5.96 Å². The predicted molar refractivity (Wildman–Crippen MR) is 106 cm³/mol. The second-order valence-corrected chi connectivity index (χ2v) is 7.54. The number of benzene rings is 1. The summed E-state index contributed by atoms with van der Waals surface area (Å²) in [5.41, 5.74) is 3.00. The zero-order valence-electron chi connectivity index (χ0n) is 15.8. The number of rotatable bonds is 5. The third kappa shape index (κ3) is 4.63. The molecule has 2 N–H and O–H groups in total. The molecular formula is C21H32N4. The third-order valence-electron chi connectivity index (χ3n) is 5.45. The molecule has 25 heavy (non-hydrogen) atoms. The summed E-state index contributed by atoms with van der Waals surface area (Å²) >= 11 is 0. The minimum Gasteiger partial charge on any atom is -0.355 e. The molecule has 1 aromatic rings. The van der Waals surface area contributed by atoms with Crippen LogP contribution in [0.2, 0.25) is 0 Å². The molecule has 0 fully saturated rings. The van der Waals surface area contributed by atoms with Crippen LogP contribution in [-0.4, -0.2) is 43.1 Å². The van der Waals surface area contributed by atoms with Crippen molar-refractivity contribution in [3.63, 3.8) is 0 Å². The van der Waals surface area contributed by atoms with E-state index < -0.39 is 0 Å². The largest absolute Gasteiger partial charge is 0.355 e. The van der Waals surface area contributed by atoms with E-state index in [1.807, 2.05) is 7.05 Å². The van der Waals surface area contributed by atoms with Crippen LogP contribution in [-0.2, 0) is 13.0 Å². The minimum atomic E-state index is 0.491. The Morgan fingerprint density at radius 2 is 1.92 bits per heavy atom. The Morgan fingerprint density at radius 3 is 2.60 bits per heavy atom. The first kappa shape index (κ1) is 18.0. The fraction of sp³-hybridized carbons (Fsp3) is 0.571. The summed E-state index contributed by atoms with van der Waals surface area (Å²) in [5.74, 6) is 1.53. The number of nitrogens with zero attached hydrogens (tertiary/aromatic N) is 2. The van der Waals surface area contributed by atoms with Crippen LogP contribution in [0.1, 0.15) is 37.8 Å². The maximum absolute atomic E-state index is 4.41. The molecule has 4 heteroatoms. The van der Waals surface area contributed by atoms with Crippen LogP contribution in [0, 0.1) is 5.92 Å². The average molecular weight is 341 g/mol. The van der Waals surface area contributed by atoms with Crippen molar-refractivity contribution in [3.8, 4) is 0 Å². The maximum Gasteiger partial charge on any atom is 0.191 e. The molecule has 0 saturated heterocycles. The smallest absolute Gasteiger partial charge is 0.191 e. The number of aliphatic imine (C=N–C) groups is 1. The van der Waals surface area contributed by atoms with Gasteiger partial charge in [-0.05, 0) is 36.3 Å². The molecule has 0 radical (unpaired) electrons. The second kappa shape index (κ2) is 8.52. The van der Waals surface area contributed by atoms with E-state index in [-0.39, 0.29) is 0 Å². The van der Waals surface area contributed by atoms with Crippen molar-refractivity contribution in [1.82, 2.24) is 15.5 Å². The van der Waals surface area contributed by atoms with Gasteiger partial charge in [0.2, 0.25) is 0 Å². The van der Waals surface area contributed by atoms with Gasteiger partial charge in [-0.1, -0.05) is 50.3 Å². The highest BCUT2D eigenvalue weighted by molar-refractivity contribution is 5.80. The van der Waals surface area contributed by atoms with Gasteiger partial charge < -0.3 is 10.6 Å². The summed E-state index contributed by atoms with van der Waals surface area (Å²) in [5, 5.41) is 7.10. The molecule has 2 aliphatic rings. The Balaban J connectivity index is 1.58. The topological polar surface area (TPSA) is 39.7 Å². The Bertz CT molecular complexity index is 612. The third-order valence-corrected chi connectivity index (χ3v) is 5.45. The SMILES string of the molecule is CN=C(NCC(C(C)C)N1CCc2ccccc2C1)NC1CC=CC1. The number of hydrogen-bond donors (Lipinski definition) is 2. The van der Waals surface area contributed by atoms with Gasteiger partial charge in [-0.3, -0.25) is 9.89 Å². The first-order valence-electron chi connectivity index (χ1n) is 9.60. The molecule has 3 rings (SSSR count). The van der Waals surface area contributed by atoms with E-state index in [0.717, 1.165) is 44.9 Å².